The predicted molar refractivity (Wildman–Crippen MR) is 64.2 cm³/mol. The highest BCUT2D eigenvalue weighted by Crippen LogP contribution is 2.33. The van der Waals surface area contributed by atoms with Gasteiger partial charge < -0.3 is 9.64 Å². The molecule has 1 aliphatic carbocycles. The van der Waals surface area contributed by atoms with Gasteiger partial charge in [0.15, 0.2) is 0 Å². The summed E-state index contributed by atoms with van der Waals surface area (Å²) >= 11 is 0. The van der Waals surface area contributed by atoms with Crippen molar-refractivity contribution in [2.75, 3.05) is 26.7 Å². The summed E-state index contributed by atoms with van der Waals surface area (Å²) in [7, 11) is 2.09. The quantitative estimate of drug-likeness (QED) is 0.760. The van der Waals surface area contributed by atoms with Gasteiger partial charge in [0.2, 0.25) is 0 Å². The van der Waals surface area contributed by atoms with Gasteiger partial charge in [0, 0.05) is 31.5 Å². The number of ether oxygens (including phenoxy) is 1. The summed E-state index contributed by atoms with van der Waals surface area (Å²) in [6.07, 6.45) is 6.23. The number of hydrogen-bond acceptors (Lipinski definition) is 3. The second kappa shape index (κ2) is 4.31. The number of morpholine rings is 1. The summed E-state index contributed by atoms with van der Waals surface area (Å²) in [6, 6.07) is 0.457. The van der Waals surface area contributed by atoms with E-state index in [0.29, 0.717) is 12.6 Å². The van der Waals surface area contributed by atoms with E-state index < -0.39 is 0 Å². The second-order valence-electron chi connectivity index (χ2n) is 5.13. The zero-order valence-corrected chi connectivity index (χ0v) is 10.2. The van der Waals surface area contributed by atoms with E-state index in [1.165, 1.54) is 0 Å². The van der Waals surface area contributed by atoms with Crippen LogP contribution in [0.25, 0.3) is 0 Å². The van der Waals surface area contributed by atoms with Crippen molar-refractivity contribution >= 4 is 0 Å². The first-order chi connectivity index (χ1) is 8.24. The van der Waals surface area contributed by atoms with E-state index in [1.54, 1.807) is 4.57 Å². The van der Waals surface area contributed by atoms with Crippen molar-refractivity contribution in [2.45, 2.75) is 31.5 Å². The van der Waals surface area contributed by atoms with Crippen LogP contribution >= 0.6 is 0 Å². The Morgan fingerprint density at radius 1 is 1.41 bits per heavy atom. The van der Waals surface area contributed by atoms with Gasteiger partial charge in [0.05, 0.1) is 19.3 Å². The molecule has 2 aliphatic rings. The topological polar surface area (TPSA) is 39.4 Å². The smallest absolute Gasteiger partial charge is 0.328 e. The van der Waals surface area contributed by atoms with Crippen LogP contribution in [0.5, 0.6) is 0 Å². The Kier molecular flexibility index (Phi) is 2.80. The lowest BCUT2D eigenvalue weighted by Crippen LogP contribution is -2.43. The van der Waals surface area contributed by atoms with Crippen LogP contribution in [-0.4, -0.2) is 46.9 Å². The van der Waals surface area contributed by atoms with Crippen molar-refractivity contribution in [1.82, 2.24) is 14.0 Å². The molecule has 1 aromatic heterocycles. The molecule has 0 radical (unpaired) electrons. The first-order valence-electron chi connectivity index (χ1n) is 6.31. The summed E-state index contributed by atoms with van der Waals surface area (Å²) in [5, 5.41) is 0. The van der Waals surface area contributed by atoms with E-state index in [2.05, 4.69) is 11.9 Å². The lowest BCUT2D eigenvalue weighted by atomic mass is 10.3. The van der Waals surface area contributed by atoms with Crippen molar-refractivity contribution in [2.24, 2.45) is 0 Å². The van der Waals surface area contributed by atoms with Crippen LogP contribution < -0.4 is 5.69 Å². The van der Waals surface area contributed by atoms with Gasteiger partial charge >= 0.3 is 5.69 Å². The van der Waals surface area contributed by atoms with Gasteiger partial charge in [-0.2, -0.15) is 0 Å². The molecule has 0 amide bonds. The lowest BCUT2D eigenvalue weighted by molar-refractivity contribution is -0.0279. The number of imidazole rings is 1. The molecule has 1 unspecified atom stereocenters. The molecule has 5 heteroatoms. The lowest BCUT2D eigenvalue weighted by Gasteiger charge is -2.29. The normalized spacial score (nSPS) is 26.3. The molecule has 3 rings (SSSR count). The fourth-order valence-electron chi connectivity index (χ4n) is 2.39. The monoisotopic (exact) mass is 237 g/mol. The molecular weight excluding hydrogens is 218 g/mol. The van der Waals surface area contributed by atoms with Crippen molar-refractivity contribution in [3.8, 4) is 0 Å². The minimum atomic E-state index is 0.115. The van der Waals surface area contributed by atoms with Gasteiger partial charge in [-0.05, 0) is 19.9 Å². The van der Waals surface area contributed by atoms with Gasteiger partial charge in [0.25, 0.3) is 0 Å². The van der Waals surface area contributed by atoms with E-state index in [1.807, 2.05) is 17.0 Å². The molecule has 94 valence electrons. The second-order valence-corrected chi connectivity index (χ2v) is 5.13. The van der Waals surface area contributed by atoms with Crippen LogP contribution in [0.4, 0.5) is 0 Å². The Bertz CT molecular complexity index is 447. The predicted octanol–water partition coefficient (Wildman–Crippen LogP) is 0.315. The Balaban J connectivity index is 1.70. The average Bonchev–Trinajstić information content (AvgIpc) is 3.07. The highest BCUT2D eigenvalue weighted by Gasteiger charge is 2.26. The molecular formula is C12H19N3O2. The maximum atomic E-state index is 12.1. The summed E-state index contributed by atoms with van der Waals surface area (Å²) in [6.45, 7) is 3.32. The van der Waals surface area contributed by atoms with E-state index >= 15 is 0 Å². The SMILES string of the molecule is CN1CCOC(Cn2ccn(C3CC3)c2=O)C1. The number of nitrogens with zero attached hydrogens (tertiary/aromatic N) is 3. The third kappa shape index (κ3) is 2.30. The fourth-order valence-corrected chi connectivity index (χ4v) is 2.39. The number of likely N-dealkylation sites (N-methyl/N-ethyl adjacent to an activating group) is 1. The van der Waals surface area contributed by atoms with Gasteiger partial charge in [-0.1, -0.05) is 0 Å². The van der Waals surface area contributed by atoms with Gasteiger partial charge in [-0.3, -0.25) is 9.13 Å². The molecule has 5 nitrogen and oxygen atoms in total. The van der Waals surface area contributed by atoms with Gasteiger partial charge in [0.1, 0.15) is 0 Å². The Labute approximate surface area is 101 Å². The minimum Gasteiger partial charge on any atom is -0.374 e. The number of aromatic nitrogens is 2. The van der Waals surface area contributed by atoms with Gasteiger partial charge in [-0.15, -0.1) is 0 Å². The van der Waals surface area contributed by atoms with Gasteiger partial charge in [-0.25, -0.2) is 4.79 Å². The summed E-state index contributed by atoms with van der Waals surface area (Å²) in [5.74, 6) is 0. The molecule has 1 atom stereocenters. The standard InChI is InChI=1S/C12H19N3O2/c1-13-6-7-17-11(8-13)9-14-4-5-15(12(14)16)10-2-3-10/h4-5,10-11H,2-3,6-9H2,1H3. The van der Waals surface area contributed by atoms with E-state index in [4.69, 9.17) is 4.74 Å². The molecule has 0 N–H and O–H groups in total. The van der Waals surface area contributed by atoms with E-state index in [-0.39, 0.29) is 11.8 Å². The third-order valence-electron chi connectivity index (χ3n) is 3.56. The Morgan fingerprint density at radius 2 is 2.24 bits per heavy atom. The summed E-state index contributed by atoms with van der Waals surface area (Å²) < 4.78 is 9.32. The first kappa shape index (κ1) is 11.0. The molecule has 0 aromatic carbocycles. The van der Waals surface area contributed by atoms with Crippen LogP contribution in [0.3, 0.4) is 0 Å². The van der Waals surface area contributed by atoms with E-state index in [9.17, 15) is 4.79 Å². The van der Waals surface area contributed by atoms with Crippen LogP contribution in [-0.2, 0) is 11.3 Å². The molecule has 1 aliphatic heterocycles. The van der Waals surface area contributed by atoms with Crippen molar-refractivity contribution in [3.05, 3.63) is 22.9 Å². The van der Waals surface area contributed by atoms with Crippen molar-refractivity contribution in [1.29, 1.82) is 0 Å². The number of rotatable bonds is 3. The number of hydrogen-bond donors (Lipinski definition) is 0. The van der Waals surface area contributed by atoms with Crippen molar-refractivity contribution < 1.29 is 4.74 Å². The zero-order valence-electron chi connectivity index (χ0n) is 10.2. The average molecular weight is 237 g/mol. The molecule has 1 aromatic rings. The minimum absolute atomic E-state index is 0.115. The van der Waals surface area contributed by atoms with Crippen LogP contribution in [0.2, 0.25) is 0 Å². The molecule has 1 saturated carbocycles. The van der Waals surface area contributed by atoms with Crippen LogP contribution in [0, 0.1) is 0 Å². The maximum Gasteiger partial charge on any atom is 0.328 e. The molecule has 0 bridgehead atoms. The maximum absolute atomic E-state index is 12.1. The van der Waals surface area contributed by atoms with Crippen molar-refractivity contribution in [3.63, 3.8) is 0 Å². The highest BCUT2D eigenvalue weighted by molar-refractivity contribution is 4.92. The first-order valence-corrected chi connectivity index (χ1v) is 6.31. The van der Waals surface area contributed by atoms with Crippen LogP contribution in [0.1, 0.15) is 18.9 Å². The largest absolute Gasteiger partial charge is 0.374 e. The van der Waals surface area contributed by atoms with Crippen LogP contribution in [0.15, 0.2) is 17.2 Å². The summed E-state index contributed by atoms with van der Waals surface area (Å²) in [5.41, 5.74) is 0.115. The molecule has 1 saturated heterocycles. The molecule has 2 heterocycles. The third-order valence-corrected chi connectivity index (χ3v) is 3.56. The Hall–Kier alpha value is -1.07. The molecule has 17 heavy (non-hydrogen) atoms. The Morgan fingerprint density at radius 3 is 2.94 bits per heavy atom. The molecule has 0 spiro atoms. The molecule has 2 fully saturated rings. The fraction of sp³-hybridized carbons (Fsp3) is 0.750. The summed E-state index contributed by atoms with van der Waals surface area (Å²) in [4.78, 5) is 14.3. The highest BCUT2D eigenvalue weighted by atomic mass is 16.5. The zero-order chi connectivity index (χ0) is 11.8. The van der Waals surface area contributed by atoms with E-state index in [0.717, 1.165) is 32.5 Å².